The highest BCUT2D eigenvalue weighted by Gasteiger charge is 2.50. The van der Waals surface area contributed by atoms with E-state index in [0.29, 0.717) is 17.4 Å². The number of hydrogen-bond donors (Lipinski definition) is 0. The highest BCUT2D eigenvalue weighted by molar-refractivity contribution is 9.10. The van der Waals surface area contributed by atoms with Crippen LogP contribution in [0.5, 0.6) is 5.75 Å². The third-order valence-corrected chi connectivity index (χ3v) is 6.11. The van der Waals surface area contributed by atoms with Gasteiger partial charge >= 0.3 is 5.97 Å². The van der Waals surface area contributed by atoms with Gasteiger partial charge in [-0.3, -0.25) is 9.59 Å². The summed E-state index contributed by atoms with van der Waals surface area (Å²) in [6.45, 7) is 2.11. The lowest BCUT2D eigenvalue weighted by Gasteiger charge is -2.25. The number of imide groups is 1. The molecule has 0 spiro atoms. The van der Waals surface area contributed by atoms with Crippen LogP contribution in [-0.2, 0) is 9.59 Å². The zero-order valence-electron chi connectivity index (χ0n) is 15.4. The van der Waals surface area contributed by atoms with E-state index in [-0.39, 0.29) is 29.2 Å². The van der Waals surface area contributed by atoms with Crippen LogP contribution in [-0.4, -0.2) is 17.8 Å². The molecule has 1 saturated heterocycles. The number of hydrogen-bond acceptors (Lipinski definition) is 4. The van der Waals surface area contributed by atoms with Gasteiger partial charge < -0.3 is 4.74 Å². The van der Waals surface area contributed by atoms with Crippen LogP contribution < -0.4 is 9.64 Å². The number of carbonyl (C=O) groups is 3. The molecule has 1 heterocycles. The Morgan fingerprint density at radius 2 is 1.68 bits per heavy atom. The largest absolute Gasteiger partial charge is 0.423 e. The molecule has 1 aliphatic carbocycles. The van der Waals surface area contributed by atoms with Crippen molar-refractivity contribution in [3.05, 3.63) is 58.6 Å². The number of fused-ring (bicyclic) bond motifs is 1. The number of benzene rings is 2. The molecule has 2 amide bonds. The predicted octanol–water partition coefficient (Wildman–Crippen LogP) is 4.59. The van der Waals surface area contributed by atoms with Gasteiger partial charge in [-0.1, -0.05) is 35.0 Å². The molecule has 0 unspecified atom stereocenters. The summed E-state index contributed by atoms with van der Waals surface area (Å²) >= 11 is 3.34. The number of ether oxygens (including phenoxy) is 1. The molecule has 5 nitrogen and oxygen atoms in total. The monoisotopic (exact) mass is 441 g/mol. The van der Waals surface area contributed by atoms with E-state index in [4.69, 9.17) is 4.74 Å². The van der Waals surface area contributed by atoms with E-state index < -0.39 is 5.97 Å². The maximum Gasteiger partial charge on any atom is 0.345 e. The van der Waals surface area contributed by atoms with Crippen LogP contribution in [0.2, 0.25) is 0 Å². The van der Waals surface area contributed by atoms with Crippen LogP contribution in [0.25, 0.3) is 0 Å². The van der Waals surface area contributed by atoms with Gasteiger partial charge in [-0.05, 0) is 61.6 Å². The van der Waals surface area contributed by atoms with E-state index in [2.05, 4.69) is 22.9 Å². The van der Waals surface area contributed by atoms with Gasteiger partial charge in [0.15, 0.2) is 0 Å². The molecule has 0 radical (unpaired) electrons. The van der Waals surface area contributed by atoms with Crippen LogP contribution in [0, 0.1) is 17.8 Å². The van der Waals surface area contributed by atoms with Crippen molar-refractivity contribution in [2.75, 3.05) is 4.90 Å². The molecule has 3 atom stereocenters. The Labute approximate surface area is 171 Å². The zero-order valence-corrected chi connectivity index (χ0v) is 17.0. The maximum atomic E-state index is 13.0. The second kappa shape index (κ2) is 7.51. The lowest BCUT2D eigenvalue weighted by molar-refractivity contribution is -0.122. The summed E-state index contributed by atoms with van der Waals surface area (Å²) in [5.74, 6) is -0.746. The van der Waals surface area contributed by atoms with Gasteiger partial charge in [0.2, 0.25) is 11.8 Å². The minimum Gasteiger partial charge on any atom is -0.423 e. The molecule has 6 heteroatoms. The molecule has 1 saturated carbocycles. The van der Waals surface area contributed by atoms with Crippen molar-refractivity contribution in [3.8, 4) is 5.75 Å². The van der Waals surface area contributed by atoms with Crippen LogP contribution in [0.4, 0.5) is 5.69 Å². The number of rotatable bonds is 3. The molecule has 144 valence electrons. The fraction of sp³-hybridized carbons (Fsp3) is 0.318. The van der Waals surface area contributed by atoms with Crippen molar-refractivity contribution in [3.63, 3.8) is 0 Å². The summed E-state index contributed by atoms with van der Waals surface area (Å²) in [5, 5.41) is 0. The molecule has 0 bridgehead atoms. The highest BCUT2D eigenvalue weighted by Crippen LogP contribution is 2.42. The van der Waals surface area contributed by atoms with Gasteiger partial charge in [0, 0.05) is 4.47 Å². The number of amides is 2. The van der Waals surface area contributed by atoms with Crippen LogP contribution >= 0.6 is 15.9 Å². The topological polar surface area (TPSA) is 63.7 Å². The molecule has 2 aliphatic rings. The van der Waals surface area contributed by atoms with E-state index in [1.165, 1.54) is 4.90 Å². The summed E-state index contributed by atoms with van der Waals surface area (Å²) in [7, 11) is 0. The zero-order chi connectivity index (χ0) is 19.8. The minimum atomic E-state index is -0.596. The first kappa shape index (κ1) is 18.9. The van der Waals surface area contributed by atoms with Gasteiger partial charge in [0.1, 0.15) is 5.75 Å². The maximum absolute atomic E-state index is 13.0. The van der Waals surface area contributed by atoms with E-state index in [9.17, 15) is 14.4 Å². The Hall–Kier alpha value is -2.47. The smallest absolute Gasteiger partial charge is 0.345 e. The first-order chi connectivity index (χ1) is 13.5. The molecule has 0 N–H and O–H groups in total. The first-order valence-electron chi connectivity index (χ1n) is 9.40. The molecule has 4 rings (SSSR count). The molecular formula is C22H20BrNO4. The van der Waals surface area contributed by atoms with E-state index in [1.54, 1.807) is 48.5 Å². The molecule has 0 aromatic heterocycles. The van der Waals surface area contributed by atoms with Crippen molar-refractivity contribution in [2.24, 2.45) is 17.8 Å². The number of esters is 1. The van der Waals surface area contributed by atoms with E-state index in [0.717, 1.165) is 23.7 Å². The summed E-state index contributed by atoms with van der Waals surface area (Å²) in [6.07, 6.45) is 2.39. The quantitative estimate of drug-likeness (QED) is 0.396. The standard InChI is InChI=1S/C22H20BrNO4/c1-13-6-11-16-18(12-13)21(26)24(20(16)25)19-5-3-2-4-17(19)22(27)28-15-9-7-14(23)8-10-15/h2-5,7-10,13,16,18H,6,11-12H2,1H3/t13-,16+,18-/m1/s1. The number of halogens is 1. The second-order valence-electron chi connectivity index (χ2n) is 7.50. The fourth-order valence-electron chi connectivity index (χ4n) is 4.13. The molecule has 2 aromatic carbocycles. The highest BCUT2D eigenvalue weighted by atomic mass is 79.9. The van der Waals surface area contributed by atoms with Crippen molar-refractivity contribution in [1.29, 1.82) is 0 Å². The summed E-state index contributed by atoms with van der Waals surface area (Å²) in [4.78, 5) is 40.0. The Balaban J connectivity index is 1.64. The van der Waals surface area contributed by atoms with Gasteiger partial charge in [-0.15, -0.1) is 0 Å². The Morgan fingerprint density at radius 3 is 2.43 bits per heavy atom. The van der Waals surface area contributed by atoms with Gasteiger partial charge in [0.25, 0.3) is 0 Å². The first-order valence-corrected chi connectivity index (χ1v) is 10.2. The fourth-order valence-corrected chi connectivity index (χ4v) is 4.40. The average Bonchev–Trinajstić information content (AvgIpc) is 2.93. The van der Waals surface area contributed by atoms with Crippen LogP contribution in [0.3, 0.4) is 0 Å². The summed E-state index contributed by atoms with van der Waals surface area (Å²) in [5.41, 5.74) is 0.514. The van der Waals surface area contributed by atoms with Crippen LogP contribution in [0.1, 0.15) is 36.5 Å². The van der Waals surface area contributed by atoms with Crippen molar-refractivity contribution in [1.82, 2.24) is 0 Å². The molecule has 2 aromatic rings. The Kier molecular flexibility index (Phi) is 5.06. The summed E-state index contributed by atoms with van der Waals surface area (Å²) in [6, 6.07) is 13.5. The van der Waals surface area contributed by atoms with Crippen molar-refractivity contribution in [2.45, 2.75) is 26.2 Å². The van der Waals surface area contributed by atoms with Crippen molar-refractivity contribution >= 4 is 39.4 Å². The lowest BCUT2D eigenvalue weighted by Crippen LogP contribution is -2.32. The third-order valence-electron chi connectivity index (χ3n) is 5.58. The molecule has 1 aliphatic heterocycles. The number of para-hydroxylation sites is 1. The Bertz CT molecular complexity index is 940. The lowest BCUT2D eigenvalue weighted by atomic mass is 9.76. The number of nitrogens with zero attached hydrogens (tertiary/aromatic N) is 1. The summed E-state index contributed by atoms with van der Waals surface area (Å²) < 4.78 is 6.33. The van der Waals surface area contributed by atoms with Crippen LogP contribution in [0.15, 0.2) is 53.0 Å². The van der Waals surface area contributed by atoms with Gasteiger partial charge in [-0.25, -0.2) is 9.69 Å². The van der Waals surface area contributed by atoms with E-state index >= 15 is 0 Å². The van der Waals surface area contributed by atoms with E-state index in [1.807, 2.05) is 0 Å². The second-order valence-corrected chi connectivity index (χ2v) is 8.42. The van der Waals surface area contributed by atoms with Gasteiger partial charge in [-0.2, -0.15) is 0 Å². The molecule has 28 heavy (non-hydrogen) atoms. The number of carbonyl (C=O) groups excluding carboxylic acids is 3. The number of anilines is 1. The Morgan fingerprint density at radius 1 is 1.00 bits per heavy atom. The normalized spacial score (nSPS) is 24.2. The molecular weight excluding hydrogens is 422 g/mol. The molecule has 2 fully saturated rings. The predicted molar refractivity (Wildman–Crippen MR) is 108 cm³/mol. The van der Waals surface area contributed by atoms with Crippen molar-refractivity contribution < 1.29 is 19.1 Å². The average molecular weight is 442 g/mol. The third kappa shape index (κ3) is 3.37. The SMILES string of the molecule is C[C@@H]1CC[C@@H]2C(=O)N(c3ccccc3C(=O)Oc3ccc(Br)cc3)C(=O)[C@@H]2C1. The minimum absolute atomic E-state index is 0.203. The van der Waals surface area contributed by atoms with Gasteiger partial charge in [0.05, 0.1) is 23.1 Å².